The van der Waals surface area contributed by atoms with Crippen LogP contribution in [-0.2, 0) is 9.47 Å². The maximum atomic E-state index is 12.2. The molecular formula is C13H22N2O3. The third-order valence-electron chi connectivity index (χ3n) is 4.53. The van der Waals surface area contributed by atoms with E-state index in [1.807, 2.05) is 9.80 Å². The van der Waals surface area contributed by atoms with Gasteiger partial charge in [0.1, 0.15) is 5.60 Å². The van der Waals surface area contributed by atoms with Crippen molar-refractivity contribution in [2.24, 2.45) is 5.92 Å². The second-order valence-electron chi connectivity index (χ2n) is 5.69. The summed E-state index contributed by atoms with van der Waals surface area (Å²) < 4.78 is 11.2. The van der Waals surface area contributed by atoms with E-state index in [0.717, 1.165) is 58.7 Å². The van der Waals surface area contributed by atoms with E-state index in [0.29, 0.717) is 5.92 Å². The molecule has 5 nitrogen and oxygen atoms in total. The minimum atomic E-state index is -0.106. The van der Waals surface area contributed by atoms with Crippen molar-refractivity contribution in [2.75, 3.05) is 46.5 Å². The Balaban J connectivity index is 1.56. The second kappa shape index (κ2) is 4.70. The molecule has 0 aromatic heterocycles. The molecule has 0 radical (unpaired) electrons. The Kier molecular flexibility index (Phi) is 3.20. The molecule has 3 saturated heterocycles. The third-order valence-corrected chi connectivity index (χ3v) is 4.53. The number of carbonyl (C=O) groups is 1. The number of methoxy groups -OCH3 is 1. The van der Waals surface area contributed by atoms with Gasteiger partial charge in [0.25, 0.3) is 0 Å². The average Bonchev–Trinajstić information content (AvgIpc) is 2.95. The number of urea groups is 1. The van der Waals surface area contributed by atoms with E-state index in [1.165, 1.54) is 0 Å². The summed E-state index contributed by atoms with van der Waals surface area (Å²) in [6, 6.07) is 0.199. The van der Waals surface area contributed by atoms with E-state index in [2.05, 4.69) is 0 Å². The monoisotopic (exact) mass is 254 g/mol. The van der Waals surface area contributed by atoms with Crippen molar-refractivity contribution in [1.82, 2.24) is 9.80 Å². The molecule has 18 heavy (non-hydrogen) atoms. The fraction of sp³-hybridized carbons (Fsp3) is 0.923. The Morgan fingerprint density at radius 3 is 2.72 bits per heavy atom. The molecule has 1 unspecified atom stereocenters. The summed E-state index contributed by atoms with van der Waals surface area (Å²) >= 11 is 0. The Bertz CT molecular complexity index is 322. The summed E-state index contributed by atoms with van der Waals surface area (Å²) in [5, 5.41) is 0. The molecule has 3 fully saturated rings. The van der Waals surface area contributed by atoms with Crippen LogP contribution in [0.4, 0.5) is 4.79 Å². The van der Waals surface area contributed by atoms with Crippen molar-refractivity contribution >= 4 is 6.03 Å². The number of likely N-dealkylation sites (tertiary alicyclic amines) is 2. The molecule has 3 aliphatic rings. The van der Waals surface area contributed by atoms with Crippen molar-refractivity contribution in [3.63, 3.8) is 0 Å². The van der Waals surface area contributed by atoms with E-state index in [9.17, 15) is 4.79 Å². The van der Waals surface area contributed by atoms with E-state index in [-0.39, 0.29) is 11.6 Å². The molecule has 3 heterocycles. The quantitative estimate of drug-likeness (QED) is 0.736. The van der Waals surface area contributed by atoms with Crippen LogP contribution in [0, 0.1) is 5.92 Å². The van der Waals surface area contributed by atoms with Crippen LogP contribution < -0.4 is 0 Å². The molecule has 0 aromatic carbocycles. The smallest absolute Gasteiger partial charge is 0.320 e. The van der Waals surface area contributed by atoms with Crippen molar-refractivity contribution in [1.29, 1.82) is 0 Å². The van der Waals surface area contributed by atoms with Gasteiger partial charge in [0.05, 0.1) is 19.7 Å². The van der Waals surface area contributed by atoms with Crippen molar-refractivity contribution < 1.29 is 14.3 Å². The molecule has 1 atom stereocenters. The van der Waals surface area contributed by atoms with Crippen LogP contribution in [0.25, 0.3) is 0 Å². The van der Waals surface area contributed by atoms with Crippen LogP contribution in [0.3, 0.4) is 0 Å². The highest BCUT2D eigenvalue weighted by atomic mass is 16.5. The van der Waals surface area contributed by atoms with Crippen LogP contribution in [0.15, 0.2) is 0 Å². The Hall–Kier alpha value is -0.810. The minimum absolute atomic E-state index is 0.106. The zero-order chi connectivity index (χ0) is 12.6. The lowest BCUT2D eigenvalue weighted by Gasteiger charge is -2.50. The predicted molar refractivity (Wildman–Crippen MR) is 66.4 cm³/mol. The number of ether oxygens (including phenoxy) is 2. The van der Waals surface area contributed by atoms with Gasteiger partial charge in [0.15, 0.2) is 0 Å². The van der Waals surface area contributed by atoms with Crippen LogP contribution in [0.1, 0.15) is 19.3 Å². The molecule has 3 aliphatic heterocycles. The van der Waals surface area contributed by atoms with Crippen molar-refractivity contribution in [3.05, 3.63) is 0 Å². The van der Waals surface area contributed by atoms with Gasteiger partial charge >= 0.3 is 6.03 Å². The summed E-state index contributed by atoms with van der Waals surface area (Å²) in [7, 11) is 1.73. The molecule has 0 aliphatic carbocycles. The van der Waals surface area contributed by atoms with Gasteiger partial charge < -0.3 is 19.3 Å². The maximum absolute atomic E-state index is 12.2. The molecular weight excluding hydrogens is 232 g/mol. The number of hydrogen-bond acceptors (Lipinski definition) is 3. The van der Waals surface area contributed by atoms with Crippen molar-refractivity contribution in [3.8, 4) is 0 Å². The second-order valence-corrected chi connectivity index (χ2v) is 5.69. The van der Waals surface area contributed by atoms with E-state index in [1.54, 1.807) is 7.11 Å². The van der Waals surface area contributed by atoms with Gasteiger partial charge in [-0.25, -0.2) is 4.79 Å². The lowest BCUT2D eigenvalue weighted by molar-refractivity contribution is -0.126. The summed E-state index contributed by atoms with van der Waals surface area (Å²) in [5.41, 5.74) is -0.106. The minimum Gasteiger partial charge on any atom is -0.384 e. The van der Waals surface area contributed by atoms with Gasteiger partial charge in [-0.2, -0.15) is 0 Å². The van der Waals surface area contributed by atoms with Gasteiger partial charge in [-0.1, -0.05) is 0 Å². The van der Waals surface area contributed by atoms with Gasteiger partial charge in [-0.15, -0.1) is 0 Å². The zero-order valence-electron chi connectivity index (χ0n) is 11.1. The van der Waals surface area contributed by atoms with E-state index >= 15 is 0 Å². The largest absolute Gasteiger partial charge is 0.384 e. The lowest BCUT2D eigenvalue weighted by Crippen LogP contribution is -2.68. The van der Waals surface area contributed by atoms with Crippen LogP contribution >= 0.6 is 0 Å². The fourth-order valence-electron chi connectivity index (χ4n) is 3.41. The number of carbonyl (C=O) groups excluding carboxylic acids is 1. The summed E-state index contributed by atoms with van der Waals surface area (Å²) in [5.74, 6) is 0.449. The molecule has 0 aromatic rings. The first kappa shape index (κ1) is 12.2. The average molecular weight is 254 g/mol. The lowest BCUT2D eigenvalue weighted by atomic mass is 9.81. The fourth-order valence-corrected chi connectivity index (χ4v) is 3.41. The third kappa shape index (κ3) is 1.89. The zero-order valence-corrected chi connectivity index (χ0v) is 11.1. The Labute approximate surface area is 108 Å². The van der Waals surface area contributed by atoms with Crippen LogP contribution in [-0.4, -0.2) is 67.9 Å². The number of hydrogen-bond donors (Lipinski definition) is 0. The number of nitrogens with zero attached hydrogens (tertiary/aromatic N) is 2. The summed E-state index contributed by atoms with van der Waals surface area (Å²) in [6.45, 7) is 4.88. The van der Waals surface area contributed by atoms with E-state index in [4.69, 9.17) is 9.47 Å². The first-order chi connectivity index (χ1) is 8.75. The molecule has 0 saturated carbocycles. The highest BCUT2D eigenvalue weighted by Gasteiger charge is 2.55. The van der Waals surface area contributed by atoms with Gasteiger partial charge in [-0.3, -0.25) is 0 Å². The number of rotatable bonds is 2. The normalized spacial score (nSPS) is 29.9. The molecule has 0 bridgehead atoms. The van der Waals surface area contributed by atoms with Crippen molar-refractivity contribution in [2.45, 2.75) is 24.9 Å². The first-order valence-corrected chi connectivity index (χ1v) is 6.92. The molecule has 3 rings (SSSR count). The van der Waals surface area contributed by atoms with Gasteiger partial charge in [-0.05, 0) is 19.3 Å². The van der Waals surface area contributed by atoms with E-state index < -0.39 is 0 Å². The predicted octanol–water partition coefficient (Wildman–Crippen LogP) is 0.939. The molecule has 2 amide bonds. The number of amides is 2. The van der Waals surface area contributed by atoms with Gasteiger partial charge in [0, 0.05) is 32.7 Å². The molecule has 5 heteroatoms. The standard InChI is InChI=1S/C13H22N2O3/c1-17-8-11-4-7-18-13(11)9-15(10-13)12(16)14-5-2-3-6-14/h11H,2-10H2,1H3. The van der Waals surface area contributed by atoms with Crippen LogP contribution in [0.5, 0.6) is 0 Å². The summed E-state index contributed by atoms with van der Waals surface area (Å²) in [6.07, 6.45) is 3.35. The Morgan fingerprint density at radius 1 is 1.33 bits per heavy atom. The Morgan fingerprint density at radius 2 is 2.06 bits per heavy atom. The van der Waals surface area contributed by atoms with Crippen LogP contribution in [0.2, 0.25) is 0 Å². The first-order valence-electron chi connectivity index (χ1n) is 6.92. The highest BCUT2D eigenvalue weighted by molar-refractivity contribution is 5.76. The molecule has 0 N–H and O–H groups in total. The maximum Gasteiger partial charge on any atom is 0.320 e. The topological polar surface area (TPSA) is 42.0 Å². The highest BCUT2D eigenvalue weighted by Crippen LogP contribution is 2.40. The molecule has 102 valence electrons. The SMILES string of the molecule is COCC1CCOC12CN(C(=O)N1CCCC1)C2. The summed E-state index contributed by atoms with van der Waals surface area (Å²) in [4.78, 5) is 16.1. The van der Waals surface area contributed by atoms with Gasteiger partial charge in [0.2, 0.25) is 0 Å². The molecule has 1 spiro atoms.